The summed E-state index contributed by atoms with van der Waals surface area (Å²) in [5, 5.41) is 0. The Hall–Kier alpha value is -1.72. The van der Waals surface area contributed by atoms with Crippen molar-refractivity contribution in [3.63, 3.8) is 0 Å². The number of nitrogens with two attached hydrogens (primary N) is 1. The first-order valence-corrected chi connectivity index (χ1v) is 4.67. The number of halogens is 2. The summed E-state index contributed by atoms with van der Waals surface area (Å²) in [7, 11) is 0. The molecule has 16 heavy (non-hydrogen) atoms. The predicted molar refractivity (Wildman–Crippen MR) is 54.2 cm³/mol. The van der Waals surface area contributed by atoms with Crippen LogP contribution in [0.25, 0.3) is 0 Å². The Morgan fingerprint density at radius 2 is 2.00 bits per heavy atom. The molecule has 0 bridgehead atoms. The fourth-order valence-corrected chi connectivity index (χ4v) is 1.49. The van der Waals surface area contributed by atoms with Gasteiger partial charge in [0.2, 0.25) is 0 Å². The van der Waals surface area contributed by atoms with Crippen molar-refractivity contribution in [2.24, 2.45) is 5.84 Å². The Bertz CT molecular complexity index is 471. The number of hydrazine groups is 1. The van der Waals surface area contributed by atoms with Gasteiger partial charge in [-0.05, 0) is 29.8 Å². The van der Waals surface area contributed by atoms with Crippen LogP contribution in [0.15, 0.2) is 41.0 Å². The standard InChI is InChI=1S/C11H10F2N2O/c12-8-4-3-7(6-9(8)13)11(15-14)10-2-1-5-16-10/h1-6,11,15H,14H2. The zero-order chi connectivity index (χ0) is 11.5. The van der Waals surface area contributed by atoms with Crippen LogP contribution in [0.1, 0.15) is 17.4 Å². The van der Waals surface area contributed by atoms with Gasteiger partial charge in [-0.1, -0.05) is 6.07 Å². The molecule has 0 aliphatic rings. The quantitative estimate of drug-likeness (QED) is 0.620. The van der Waals surface area contributed by atoms with E-state index in [0.717, 1.165) is 12.1 Å². The van der Waals surface area contributed by atoms with Gasteiger partial charge in [-0.2, -0.15) is 0 Å². The highest BCUT2D eigenvalue weighted by Gasteiger charge is 2.16. The van der Waals surface area contributed by atoms with Crippen molar-refractivity contribution >= 4 is 0 Å². The summed E-state index contributed by atoms with van der Waals surface area (Å²) >= 11 is 0. The third-order valence-corrected chi connectivity index (χ3v) is 2.27. The monoisotopic (exact) mass is 224 g/mol. The molecule has 1 heterocycles. The summed E-state index contributed by atoms with van der Waals surface area (Å²) in [6, 6.07) is 6.49. The van der Waals surface area contributed by atoms with Crippen LogP contribution < -0.4 is 11.3 Å². The molecule has 0 aliphatic heterocycles. The van der Waals surface area contributed by atoms with Gasteiger partial charge in [0.05, 0.1) is 6.26 Å². The molecular formula is C11H10F2N2O. The van der Waals surface area contributed by atoms with Crippen molar-refractivity contribution in [3.8, 4) is 0 Å². The Balaban J connectivity index is 2.37. The molecular weight excluding hydrogens is 214 g/mol. The van der Waals surface area contributed by atoms with E-state index < -0.39 is 17.7 Å². The Morgan fingerprint density at radius 1 is 1.19 bits per heavy atom. The molecule has 1 aromatic carbocycles. The van der Waals surface area contributed by atoms with E-state index in [4.69, 9.17) is 10.3 Å². The fraction of sp³-hybridized carbons (Fsp3) is 0.0909. The van der Waals surface area contributed by atoms with Crippen molar-refractivity contribution in [1.29, 1.82) is 0 Å². The first-order chi connectivity index (χ1) is 7.72. The molecule has 2 rings (SSSR count). The smallest absolute Gasteiger partial charge is 0.159 e. The van der Waals surface area contributed by atoms with Crippen LogP contribution in [-0.2, 0) is 0 Å². The zero-order valence-electron chi connectivity index (χ0n) is 8.28. The molecule has 2 aromatic rings. The highest BCUT2D eigenvalue weighted by atomic mass is 19.2. The normalized spacial score (nSPS) is 12.7. The molecule has 3 N–H and O–H groups in total. The van der Waals surface area contributed by atoms with Crippen LogP contribution in [0, 0.1) is 11.6 Å². The van der Waals surface area contributed by atoms with Crippen LogP contribution in [0.3, 0.4) is 0 Å². The summed E-state index contributed by atoms with van der Waals surface area (Å²) in [5.74, 6) is 4.09. The molecule has 0 fully saturated rings. The molecule has 1 atom stereocenters. The van der Waals surface area contributed by atoms with E-state index in [0.29, 0.717) is 11.3 Å². The van der Waals surface area contributed by atoms with E-state index >= 15 is 0 Å². The topological polar surface area (TPSA) is 51.2 Å². The van der Waals surface area contributed by atoms with Gasteiger partial charge in [-0.15, -0.1) is 0 Å². The molecule has 5 heteroatoms. The third-order valence-electron chi connectivity index (χ3n) is 2.27. The van der Waals surface area contributed by atoms with E-state index in [1.807, 2.05) is 0 Å². The number of rotatable bonds is 3. The van der Waals surface area contributed by atoms with E-state index in [-0.39, 0.29) is 0 Å². The Morgan fingerprint density at radius 3 is 2.56 bits per heavy atom. The maximum Gasteiger partial charge on any atom is 0.159 e. The summed E-state index contributed by atoms with van der Waals surface area (Å²) in [4.78, 5) is 0. The molecule has 3 nitrogen and oxygen atoms in total. The molecule has 0 spiro atoms. The van der Waals surface area contributed by atoms with Gasteiger partial charge in [0, 0.05) is 0 Å². The summed E-state index contributed by atoms with van der Waals surface area (Å²) in [6.45, 7) is 0. The second-order valence-corrected chi connectivity index (χ2v) is 3.29. The van der Waals surface area contributed by atoms with E-state index in [1.165, 1.54) is 12.3 Å². The van der Waals surface area contributed by atoms with E-state index in [2.05, 4.69) is 5.43 Å². The lowest BCUT2D eigenvalue weighted by molar-refractivity contribution is 0.448. The minimum absolute atomic E-state index is 0.495. The van der Waals surface area contributed by atoms with Crippen LogP contribution in [0.5, 0.6) is 0 Å². The van der Waals surface area contributed by atoms with E-state index in [9.17, 15) is 8.78 Å². The van der Waals surface area contributed by atoms with Crippen molar-refractivity contribution < 1.29 is 13.2 Å². The highest BCUT2D eigenvalue weighted by molar-refractivity contribution is 5.27. The zero-order valence-corrected chi connectivity index (χ0v) is 8.28. The van der Waals surface area contributed by atoms with Gasteiger partial charge in [0.1, 0.15) is 11.8 Å². The summed E-state index contributed by atoms with van der Waals surface area (Å²) in [5.41, 5.74) is 2.98. The second-order valence-electron chi connectivity index (χ2n) is 3.29. The van der Waals surface area contributed by atoms with Gasteiger partial charge in [0.25, 0.3) is 0 Å². The lowest BCUT2D eigenvalue weighted by Crippen LogP contribution is -2.28. The number of nitrogens with one attached hydrogen (secondary N) is 1. The Kier molecular flexibility index (Phi) is 2.98. The van der Waals surface area contributed by atoms with Gasteiger partial charge in [-0.3, -0.25) is 5.84 Å². The van der Waals surface area contributed by atoms with Crippen molar-refractivity contribution in [2.75, 3.05) is 0 Å². The van der Waals surface area contributed by atoms with Gasteiger partial charge in [0.15, 0.2) is 11.6 Å². The molecule has 1 aromatic heterocycles. The highest BCUT2D eigenvalue weighted by Crippen LogP contribution is 2.22. The summed E-state index contributed by atoms with van der Waals surface area (Å²) < 4.78 is 31.0. The molecule has 0 radical (unpaired) electrons. The second kappa shape index (κ2) is 4.42. The van der Waals surface area contributed by atoms with Crippen molar-refractivity contribution in [2.45, 2.75) is 6.04 Å². The molecule has 1 unspecified atom stereocenters. The number of benzene rings is 1. The Labute approximate surface area is 90.8 Å². The largest absolute Gasteiger partial charge is 0.467 e. The lowest BCUT2D eigenvalue weighted by atomic mass is 10.1. The SMILES string of the molecule is NNC(c1ccc(F)c(F)c1)c1ccco1. The third kappa shape index (κ3) is 1.95. The summed E-state index contributed by atoms with van der Waals surface area (Å²) in [6.07, 6.45) is 1.49. The first-order valence-electron chi connectivity index (χ1n) is 4.67. The first kappa shape index (κ1) is 10.8. The molecule has 0 saturated heterocycles. The maximum atomic E-state index is 13.0. The average molecular weight is 224 g/mol. The molecule has 0 saturated carbocycles. The average Bonchev–Trinajstić information content (AvgIpc) is 2.78. The maximum absolute atomic E-state index is 13.0. The van der Waals surface area contributed by atoms with Gasteiger partial charge < -0.3 is 4.42 Å². The number of hydrogen-bond acceptors (Lipinski definition) is 3. The minimum Gasteiger partial charge on any atom is -0.467 e. The number of furan rings is 1. The van der Waals surface area contributed by atoms with Crippen molar-refractivity contribution in [3.05, 3.63) is 59.6 Å². The van der Waals surface area contributed by atoms with Crippen LogP contribution >= 0.6 is 0 Å². The lowest BCUT2D eigenvalue weighted by Gasteiger charge is -2.13. The fourth-order valence-electron chi connectivity index (χ4n) is 1.49. The molecule has 0 aliphatic carbocycles. The predicted octanol–water partition coefficient (Wildman–Crippen LogP) is 2.11. The minimum atomic E-state index is -0.913. The number of hydrogen-bond donors (Lipinski definition) is 2. The van der Waals surface area contributed by atoms with Crippen LogP contribution in [0.2, 0.25) is 0 Å². The molecule has 0 amide bonds. The molecule has 84 valence electrons. The van der Waals surface area contributed by atoms with Gasteiger partial charge >= 0.3 is 0 Å². The van der Waals surface area contributed by atoms with Crippen LogP contribution in [0.4, 0.5) is 8.78 Å². The van der Waals surface area contributed by atoms with Gasteiger partial charge in [-0.25, -0.2) is 14.2 Å². The van der Waals surface area contributed by atoms with Crippen LogP contribution in [-0.4, -0.2) is 0 Å². The van der Waals surface area contributed by atoms with E-state index in [1.54, 1.807) is 12.1 Å². The van der Waals surface area contributed by atoms with Crippen molar-refractivity contribution in [1.82, 2.24) is 5.43 Å².